The summed E-state index contributed by atoms with van der Waals surface area (Å²) in [6.07, 6.45) is 1.02. The highest BCUT2D eigenvalue weighted by Gasteiger charge is 2.23. The molecule has 190 valence electrons. The van der Waals surface area contributed by atoms with Crippen LogP contribution in [0.4, 0.5) is 10.1 Å². The number of benzene rings is 3. The molecule has 0 saturated heterocycles. The number of carbonyl (C=O) groups is 1. The second kappa shape index (κ2) is 10.5. The van der Waals surface area contributed by atoms with Gasteiger partial charge in [-0.15, -0.1) is 11.3 Å². The van der Waals surface area contributed by atoms with Gasteiger partial charge in [0.25, 0.3) is 5.91 Å². The Morgan fingerprint density at radius 1 is 1.08 bits per heavy atom. The van der Waals surface area contributed by atoms with Crippen molar-refractivity contribution < 1.29 is 9.18 Å². The van der Waals surface area contributed by atoms with Gasteiger partial charge in [0.1, 0.15) is 16.2 Å². The Kier molecular flexibility index (Phi) is 7.19. The third kappa shape index (κ3) is 4.82. The Labute approximate surface area is 221 Å². The first-order valence-electron chi connectivity index (χ1n) is 12.1. The Morgan fingerprint density at radius 3 is 2.62 bits per heavy atom. The summed E-state index contributed by atoms with van der Waals surface area (Å²) in [5, 5.41) is 3.06. The van der Waals surface area contributed by atoms with Crippen LogP contribution >= 0.6 is 23.1 Å². The highest BCUT2D eigenvalue weighted by atomic mass is 32.2. The smallest absolute Gasteiger partial charge is 0.258 e. The highest BCUT2D eigenvalue weighted by Crippen LogP contribution is 2.37. The van der Waals surface area contributed by atoms with Crippen molar-refractivity contribution in [2.24, 2.45) is 0 Å². The van der Waals surface area contributed by atoms with Crippen LogP contribution in [-0.4, -0.2) is 41.9 Å². The third-order valence-electron chi connectivity index (χ3n) is 6.24. The molecule has 0 aliphatic carbocycles. The maximum absolute atomic E-state index is 15.3. The molecular formula is C28H27FN4O2S2. The van der Waals surface area contributed by atoms with Gasteiger partial charge in [0.15, 0.2) is 0 Å². The Bertz CT molecular complexity index is 1700. The molecule has 0 bridgehead atoms. The number of hydrogen-bond acceptors (Lipinski definition) is 6. The van der Waals surface area contributed by atoms with E-state index in [1.807, 2.05) is 53.9 Å². The maximum atomic E-state index is 15.3. The van der Waals surface area contributed by atoms with E-state index in [9.17, 15) is 9.59 Å². The first-order valence-corrected chi connectivity index (χ1v) is 13.7. The van der Waals surface area contributed by atoms with Crippen molar-refractivity contribution in [3.05, 3.63) is 82.3 Å². The number of fused-ring (bicyclic) bond motifs is 5. The summed E-state index contributed by atoms with van der Waals surface area (Å²) in [6.45, 7) is 4.10. The van der Waals surface area contributed by atoms with E-state index >= 15 is 4.39 Å². The van der Waals surface area contributed by atoms with Gasteiger partial charge in [-0.2, -0.15) is 0 Å². The molecule has 37 heavy (non-hydrogen) atoms. The Morgan fingerprint density at radius 2 is 1.84 bits per heavy atom. The van der Waals surface area contributed by atoms with Gasteiger partial charge in [0, 0.05) is 29.1 Å². The summed E-state index contributed by atoms with van der Waals surface area (Å²) in [5.74, 6) is -0.985. The topological polar surface area (TPSA) is 79.8 Å². The standard InChI is InChI=1S/C28H27FN4O2S2/c1-3-13-32(2)14-12-31-27(35)25-26(34)17-15-18(29)24(36-22-10-6-4-8-19(22)30)16-21(17)33-20-9-5-7-11-23(20)37-28(25)33/h4-11,15-16H,3,12-14,30H2,1-2H3,(H,31,35). The lowest BCUT2D eigenvalue weighted by Gasteiger charge is -2.16. The molecule has 0 unspecified atom stereocenters. The van der Waals surface area contributed by atoms with Crippen LogP contribution in [0.1, 0.15) is 23.7 Å². The van der Waals surface area contributed by atoms with Gasteiger partial charge in [-0.25, -0.2) is 4.39 Å². The van der Waals surface area contributed by atoms with Crippen molar-refractivity contribution in [1.82, 2.24) is 14.6 Å². The van der Waals surface area contributed by atoms with Crippen molar-refractivity contribution in [1.29, 1.82) is 0 Å². The van der Waals surface area contributed by atoms with E-state index in [0.29, 0.717) is 34.0 Å². The molecule has 0 atom stereocenters. The van der Waals surface area contributed by atoms with Crippen LogP contribution in [0, 0.1) is 5.82 Å². The van der Waals surface area contributed by atoms with Gasteiger partial charge in [-0.3, -0.25) is 14.0 Å². The van der Waals surface area contributed by atoms with Crippen LogP contribution in [-0.2, 0) is 0 Å². The zero-order chi connectivity index (χ0) is 26.1. The number of likely N-dealkylation sites (N-methyl/N-ethyl adjacent to an activating group) is 1. The van der Waals surface area contributed by atoms with Crippen molar-refractivity contribution in [2.75, 3.05) is 32.4 Å². The molecular weight excluding hydrogens is 507 g/mol. The van der Waals surface area contributed by atoms with Crippen LogP contribution in [0.25, 0.3) is 25.9 Å². The molecule has 3 N–H and O–H groups in total. The molecule has 2 aromatic heterocycles. The van der Waals surface area contributed by atoms with Crippen molar-refractivity contribution in [3.8, 4) is 0 Å². The number of pyridine rings is 1. The van der Waals surface area contributed by atoms with Gasteiger partial charge in [0.2, 0.25) is 5.43 Å². The molecule has 6 nitrogen and oxygen atoms in total. The minimum absolute atomic E-state index is 0.0407. The van der Waals surface area contributed by atoms with E-state index in [1.54, 1.807) is 12.1 Å². The number of nitrogens with two attached hydrogens (primary N) is 1. The molecule has 0 saturated carbocycles. The molecule has 9 heteroatoms. The lowest BCUT2D eigenvalue weighted by atomic mass is 10.1. The fourth-order valence-electron chi connectivity index (χ4n) is 4.44. The van der Waals surface area contributed by atoms with E-state index in [2.05, 4.69) is 17.1 Å². The number of rotatable bonds is 8. The van der Waals surface area contributed by atoms with Gasteiger partial charge in [-0.1, -0.05) is 43.0 Å². The van der Waals surface area contributed by atoms with Gasteiger partial charge in [-0.05, 0) is 56.4 Å². The van der Waals surface area contributed by atoms with E-state index in [-0.39, 0.29) is 10.9 Å². The normalized spacial score (nSPS) is 11.7. The minimum Gasteiger partial charge on any atom is -0.398 e. The molecule has 1 amide bonds. The van der Waals surface area contributed by atoms with Gasteiger partial charge >= 0.3 is 0 Å². The van der Waals surface area contributed by atoms with E-state index in [0.717, 1.165) is 28.1 Å². The first kappa shape index (κ1) is 25.3. The van der Waals surface area contributed by atoms with E-state index in [1.165, 1.54) is 29.2 Å². The molecule has 5 rings (SSSR count). The second-order valence-electron chi connectivity index (χ2n) is 8.91. The Balaban J connectivity index is 1.67. The van der Waals surface area contributed by atoms with Crippen molar-refractivity contribution >= 4 is 60.6 Å². The molecule has 3 aromatic carbocycles. The summed E-state index contributed by atoms with van der Waals surface area (Å²) >= 11 is 2.59. The van der Waals surface area contributed by atoms with Crippen molar-refractivity contribution in [3.63, 3.8) is 0 Å². The molecule has 2 heterocycles. The first-order chi connectivity index (χ1) is 17.9. The van der Waals surface area contributed by atoms with Crippen LogP contribution in [0.2, 0.25) is 0 Å². The van der Waals surface area contributed by atoms with Crippen LogP contribution in [0.3, 0.4) is 0 Å². The van der Waals surface area contributed by atoms with E-state index in [4.69, 9.17) is 5.73 Å². The SMILES string of the molecule is CCCN(C)CCNC(=O)c1c(=O)c2cc(F)c(Sc3ccccc3N)cc2n2c1sc1ccccc12. The number of anilines is 1. The average molecular weight is 535 g/mol. The Hall–Kier alpha value is -3.40. The molecule has 0 aliphatic rings. The number of para-hydroxylation sites is 2. The number of amides is 1. The maximum Gasteiger partial charge on any atom is 0.258 e. The number of carbonyl (C=O) groups excluding carboxylic acids is 1. The molecule has 5 aromatic rings. The summed E-state index contributed by atoms with van der Waals surface area (Å²) in [7, 11) is 1.99. The predicted molar refractivity (Wildman–Crippen MR) is 152 cm³/mol. The summed E-state index contributed by atoms with van der Waals surface area (Å²) in [5.41, 5.74) is 7.60. The molecule has 0 aliphatic heterocycles. The lowest BCUT2D eigenvalue weighted by molar-refractivity contribution is 0.0950. The monoisotopic (exact) mass is 534 g/mol. The largest absolute Gasteiger partial charge is 0.398 e. The number of nitrogens with zero attached hydrogens (tertiary/aromatic N) is 2. The number of nitrogen functional groups attached to an aromatic ring is 1. The summed E-state index contributed by atoms with van der Waals surface area (Å²) in [6, 6.07) is 17.9. The average Bonchev–Trinajstić information content (AvgIpc) is 3.25. The molecule has 0 radical (unpaired) electrons. The van der Waals surface area contributed by atoms with Gasteiger partial charge < -0.3 is 16.0 Å². The van der Waals surface area contributed by atoms with Gasteiger partial charge in [0.05, 0.1) is 20.6 Å². The summed E-state index contributed by atoms with van der Waals surface area (Å²) in [4.78, 5) is 30.7. The predicted octanol–water partition coefficient (Wildman–Crippen LogP) is 5.61. The highest BCUT2D eigenvalue weighted by molar-refractivity contribution is 7.99. The molecule has 0 fully saturated rings. The van der Waals surface area contributed by atoms with Crippen LogP contribution < -0.4 is 16.5 Å². The third-order valence-corrected chi connectivity index (χ3v) is 8.51. The van der Waals surface area contributed by atoms with Crippen LogP contribution in [0.15, 0.2) is 75.2 Å². The fraction of sp³-hybridized carbons (Fsp3) is 0.214. The minimum atomic E-state index is -0.537. The zero-order valence-corrected chi connectivity index (χ0v) is 22.2. The summed E-state index contributed by atoms with van der Waals surface area (Å²) < 4.78 is 18.2. The van der Waals surface area contributed by atoms with Crippen LogP contribution in [0.5, 0.6) is 0 Å². The number of thiazole rings is 1. The quantitative estimate of drug-likeness (QED) is 0.253. The molecule has 0 spiro atoms. The number of nitrogens with one attached hydrogen (secondary N) is 1. The number of hydrogen-bond donors (Lipinski definition) is 2. The number of aromatic nitrogens is 1. The lowest BCUT2D eigenvalue weighted by Crippen LogP contribution is -2.35. The van der Waals surface area contributed by atoms with Crippen molar-refractivity contribution in [2.45, 2.75) is 23.1 Å². The number of halogens is 1. The van der Waals surface area contributed by atoms with E-state index < -0.39 is 17.2 Å². The second-order valence-corrected chi connectivity index (χ2v) is 11.0. The zero-order valence-electron chi connectivity index (χ0n) is 20.6. The fourth-order valence-corrected chi connectivity index (χ4v) is 6.53.